The van der Waals surface area contributed by atoms with E-state index in [-0.39, 0.29) is 17.2 Å². The van der Waals surface area contributed by atoms with Gasteiger partial charge in [0.15, 0.2) is 11.6 Å². The molecular weight excluding hydrogens is 365 g/mol. The van der Waals surface area contributed by atoms with Gasteiger partial charge in [-0.2, -0.15) is 0 Å². The van der Waals surface area contributed by atoms with E-state index in [0.29, 0.717) is 15.9 Å². The molecule has 2 aromatic rings. The van der Waals surface area contributed by atoms with Crippen LogP contribution in [0.25, 0.3) is 0 Å². The summed E-state index contributed by atoms with van der Waals surface area (Å²) < 4.78 is 19.3. The molecule has 0 N–H and O–H groups in total. The highest BCUT2D eigenvalue weighted by atomic mass is 79.9. The summed E-state index contributed by atoms with van der Waals surface area (Å²) in [4.78, 5) is 10.1. The van der Waals surface area contributed by atoms with Crippen LogP contribution in [0.5, 0.6) is 11.5 Å². The van der Waals surface area contributed by atoms with Gasteiger partial charge >= 0.3 is 0 Å². The fourth-order valence-corrected chi connectivity index (χ4v) is 2.34. The lowest BCUT2D eigenvalue weighted by Gasteiger charge is -2.10. The molecule has 0 unspecified atom stereocenters. The minimum Gasteiger partial charge on any atom is -0.453 e. The summed E-state index contributed by atoms with van der Waals surface area (Å²) in [6.45, 7) is 1.51. The molecule has 0 saturated heterocycles. The maximum atomic E-state index is 13.9. The van der Waals surface area contributed by atoms with Crippen LogP contribution in [0.15, 0.2) is 30.3 Å². The van der Waals surface area contributed by atoms with E-state index in [1.54, 1.807) is 18.2 Å². The zero-order chi connectivity index (χ0) is 15.6. The summed E-state index contributed by atoms with van der Waals surface area (Å²) in [6.07, 6.45) is 0. The van der Waals surface area contributed by atoms with Crippen LogP contribution in [0.1, 0.15) is 11.1 Å². The van der Waals surface area contributed by atoms with Crippen LogP contribution in [0.4, 0.5) is 10.1 Å². The maximum absolute atomic E-state index is 13.9. The monoisotopic (exact) mass is 373 g/mol. The highest BCUT2D eigenvalue weighted by molar-refractivity contribution is 9.08. The molecule has 0 spiro atoms. The third-order valence-electron chi connectivity index (χ3n) is 2.82. The van der Waals surface area contributed by atoms with Crippen molar-refractivity contribution in [2.75, 3.05) is 0 Å². The predicted molar refractivity (Wildman–Crippen MR) is 81.9 cm³/mol. The van der Waals surface area contributed by atoms with Gasteiger partial charge in [0.2, 0.25) is 0 Å². The number of hydrogen-bond donors (Lipinski definition) is 0. The standard InChI is InChI=1S/C14H10BrClFNO3/c1-8-4-14(11(17)6-12(8)18(19)20)21-13-3-2-9(7-15)5-10(13)16/h2-6H,7H2,1H3. The first-order valence-electron chi connectivity index (χ1n) is 5.89. The van der Waals surface area contributed by atoms with Gasteiger partial charge in [-0.05, 0) is 30.7 Å². The van der Waals surface area contributed by atoms with Crippen molar-refractivity contribution in [2.24, 2.45) is 0 Å². The zero-order valence-electron chi connectivity index (χ0n) is 10.9. The van der Waals surface area contributed by atoms with Crippen molar-refractivity contribution >= 4 is 33.2 Å². The number of benzene rings is 2. The SMILES string of the molecule is Cc1cc(Oc2ccc(CBr)cc2Cl)c(F)cc1[N+](=O)[O-]. The second-order valence-corrected chi connectivity index (χ2v) is 5.29. The topological polar surface area (TPSA) is 52.4 Å². The Hall–Kier alpha value is -1.66. The van der Waals surface area contributed by atoms with Crippen LogP contribution in [0.2, 0.25) is 5.02 Å². The molecular formula is C14H10BrClFNO3. The third kappa shape index (κ3) is 3.51. The minimum atomic E-state index is -0.812. The van der Waals surface area contributed by atoms with Gasteiger partial charge in [-0.3, -0.25) is 10.1 Å². The number of halogens is 3. The lowest BCUT2D eigenvalue weighted by atomic mass is 10.2. The van der Waals surface area contributed by atoms with Gasteiger partial charge in [-0.15, -0.1) is 0 Å². The predicted octanol–water partition coefficient (Wildman–Crippen LogP) is 5.38. The summed E-state index contributed by atoms with van der Waals surface area (Å²) in [5.41, 5.74) is 0.970. The van der Waals surface area contributed by atoms with Crippen LogP contribution < -0.4 is 4.74 Å². The first-order valence-corrected chi connectivity index (χ1v) is 7.39. The lowest BCUT2D eigenvalue weighted by Crippen LogP contribution is -1.96. The van der Waals surface area contributed by atoms with Gasteiger partial charge in [-0.25, -0.2) is 4.39 Å². The molecule has 2 aromatic carbocycles. The lowest BCUT2D eigenvalue weighted by molar-refractivity contribution is -0.385. The van der Waals surface area contributed by atoms with Crippen molar-refractivity contribution in [2.45, 2.75) is 12.3 Å². The van der Waals surface area contributed by atoms with Crippen LogP contribution in [-0.2, 0) is 5.33 Å². The summed E-state index contributed by atoms with van der Waals surface area (Å²) in [6, 6.07) is 7.22. The van der Waals surface area contributed by atoms with Gasteiger partial charge in [-0.1, -0.05) is 33.6 Å². The second kappa shape index (κ2) is 6.41. The summed E-state index contributed by atoms with van der Waals surface area (Å²) in [7, 11) is 0. The van der Waals surface area contributed by atoms with E-state index in [2.05, 4.69) is 15.9 Å². The number of nitro benzene ring substituents is 1. The Morgan fingerprint density at radius 3 is 2.62 bits per heavy atom. The highest BCUT2D eigenvalue weighted by Crippen LogP contribution is 2.34. The van der Waals surface area contributed by atoms with Gasteiger partial charge in [0, 0.05) is 10.9 Å². The summed E-state index contributed by atoms with van der Waals surface area (Å²) >= 11 is 9.36. The number of nitrogens with zero attached hydrogens (tertiary/aromatic N) is 1. The smallest absolute Gasteiger partial charge is 0.275 e. The molecule has 0 saturated carbocycles. The third-order valence-corrected chi connectivity index (χ3v) is 3.76. The Labute approximate surface area is 133 Å². The zero-order valence-corrected chi connectivity index (χ0v) is 13.2. The number of rotatable bonds is 4. The quantitative estimate of drug-likeness (QED) is 0.410. The average molecular weight is 375 g/mol. The number of hydrogen-bond acceptors (Lipinski definition) is 3. The molecule has 0 heterocycles. The highest BCUT2D eigenvalue weighted by Gasteiger charge is 2.17. The van der Waals surface area contributed by atoms with Gasteiger partial charge in [0.25, 0.3) is 5.69 Å². The molecule has 0 radical (unpaired) electrons. The fourth-order valence-electron chi connectivity index (χ4n) is 1.75. The molecule has 0 amide bonds. The van der Waals surface area contributed by atoms with Gasteiger partial charge < -0.3 is 4.74 Å². The van der Waals surface area contributed by atoms with E-state index in [1.807, 2.05) is 0 Å². The van der Waals surface area contributed by atoms with Crippen molar-refractivity contribution in [3.63, 3.8) is 0 Å². The molecule has 0 fully saturated rings. The van der Waals surface area contributed by atoms with Crippen molar-refractivity contribution in [3.8, 4) is 11.5 Å². The van der Waals surface area contributed by atoms with E-state index < -0.39 is 10.7 Å². The van der Waals surface area contributed by atoms with E-state index in [4.69, 9.17) is 16.3 Å². The molecule has 0 atom stereocenters. The van der Waals surface area contributed by atoms with Gasteiger partial charge in [0.1, 0.15) is 5.75 Å². The molecule has 0 aromatic heterocycles. The van der Waals surface area contributed by atoms with Crippen molar-refractivity contribution < 1.29 is 14.1 Å². The number of alkyl halides is 1. The van der Waals surface area contributed by atoms with E-state index in [9.17, 15) is 14.5 Å². The van der Waals surface area contributed by atoms with E-state index >= 15 is 0 Å². The number of aryl methyl sites for hydroxylation is 1. The van der Waals surface area contributed by atoms with E-state index in [0.717, 1.165) is 11.6 Å². The Morgan fingerprint density at radius 1 is 1.33 bits per heavy atom. The number of nitro groups is 1. The first kappa shape index (κ1) is 15.7. The van der Waals surface area contributed by atoms with Crippen LogP contribution in [-0.4, -0.2) is 4.92 Å². The summed E-state index contributed by atoms with van der Waals surface area (Å²) in [5.74, 6) is -0.631. The molecule has 0 aliphatic rings. The molecule has 0 aliphatic carbocycles. The minimum absolute atomic E-state index is 0.105. The van der Waals surface area contributed by atoms with Crippen molar-refractivity contribution in [1.29, 1.82) is 0 Å². The Morgan fingerprint density at radius 2 is 2.05 bits per heavy atom. The largest absolute Gasteiger partial charge is 0.453 e. The average Bonchev–Trinajstić information content (AvgIpc) is 2.44. The molecule has 110 valence electrons. The van der Waals surface area contributed by atoms with Crippen molar-refractivity contribution in [1.82, 2.24) is 0 Å². The molecule has 21 heavy (non-hydrogen) atoms. The van der Waals surface area contributed by atoms with Crippen LogP contribution in [0, 0.1) is 22.9 Å². The Bertz CT molecular complexity index is 709. The van der Waals surface area contributed by atoms with Crippen LogP contribution in [0.3, 0.4) is 0 Å². The molecule has 0 aliphatic heterocycles. The normalized spacial score (nSPS) is 10.5. The molecule has 0 bridgehead atoms. The Balaban J connectivity index is 2.36. The second-order valence-electron chi connectivity index (χ2n) is 4.33. The summed E-state index contributed by atoms with van der Waals surface area (Å²) in [5, 5.41) is 11.7. The van der Waals surface area contributed by atoms with E-state index in [1.165, 1.54) is 13.0 Å². The maximum Gasteiger partial charge on any atom is 0.275 e. The van der Waals surface area contributed by atoms with Crippen molar-refractivity contribution in [3.05, 3.63) is 62.4 Å². The first-order chi connectivity index (χ1) is 9.92. The number of ether oxygens (including phenoxy) is 1. The Kier molecular flexibility index (Phi) is 4.80. The van der Waals surface area contributed by atoms with Crippen LogP contribution >= 0.6 is 27.5 Å². The fraction of sp³-hybridized carbons (Fsp3) is 0.143. The molecule has 7 heteroatoms. The molecule has 2 rings (SSSR count). The van der Waals surface area contributed by atoms with Gasteiger partial charge in [0.05, 0.1) is 16.0 Å². The molecule has 4 nitrogen and oxygen atoms in total.